The van der Waals surface area contributed by atoms with E-state index in [4.69, 9.17) is 16.7 Å². The van der Waals surface area contributed by atoms with Gasteiger partial charge >= 0.3 is 5.97 Å². The predicted octanol–water partition coefficient (Wildman–Crippen LogP) is 4.31. The fourth-order valence-electron chi connectivity index (χ4n) is 1.35. The van der Waals surface area contributed by atoms with Crippen LogP contribution in [0.3, 0.4) is 0 Å². The highest BCUT2D eigenvalue weighted by Gasteiger charge is 2.14. The van der Waals surface area contributed by atoms with Crippen LogP contribution in [0.25, 0.3) is 0 Å². The molecule has 2 rings (SSSR count). The van der Waals surface area contributed by atoms with Crippen molar-refractivity contribution in [2.75, 3.05) is 5.32 Å². The van der Waals surface area contributed by atoms with Crippen LogP contribution in [0.15, 0.2) is 22.7 Å². The second kappa shape index (κ2) is 5.26. The molecule has 0 amide bonds. The van der Waals surface area contributed by atoms with E-state index in [2.05, 4.69) is 26.2 Å². The van der Waals surface area contributed by atoms with Gasteiger partial charge in [-0.25, -0.2) is 9.78 Å². The van der Waals surface area contributed by atoms with Crippen molar-refractivity contribution in [3.63, 3.8) is 0 Å². The number of thiazole rings is 1. The van der Waals surface area contributed by atoms with Crippen LogP contribution >= 0.6 is 38.9 Å². The maximum atomic E-state index is 10.9. The lowest BCUT2D eigenvalue weighted by Crippen LogP contribution is -1.99. The Hall–Kier alpha value is -1.11. The number of nitrogens with one attached hydrogen (secondary N) is 1. The number of carboxylic acid groups (broad SMARTS) is 1. The summed E-state index contributed by atoms with van der Waals surface area (Å²) in [6.07, 6.45) is 0. The van der Waals surface area contributed by atoms with Crippen molar-refractivity contribution < 1.29 is 9.90 Å². The molecule has 7 heteroatoms. The van der Waals surface area contributed by atoms with E-state index in [0.717, 1.165) is 10.2 Å². The number of anilines is 2. The summed E-state index contributed by atoms with van der Waals surface area (Å²) in [5, 5.41) is 13.1. The number of aromatic carboxylic acids is 1. The number of rotatable bonds is 3. The molecule has 1 heterocycles. The van der Waals surface area contributed by atoms with Gasteiger partial charge in [0.1, 0.15) is 0 Å². The summed E-state index contributed by atoms with van der Waals surface area (Å²) >= 11 is 10.5. The van der Waals surface area contributed by atoms with Crippen LogP contribution in [0.1, 0.15) is 15.4 Å². The van der Waals surface area contributed by atoms with E-state index in [1.807, 2.05) is 0 Å². The molecule has 0 spiro atoms. The molecule has 1 aromatic heterocycles. The lowest BCUT2D eigenvalue weighted by atomic mass is 10.3. The molecule has 2 aromatic rings. The third kappa shape index (κ3) is 2.82. The Labute approximate surface area is 121 Å². The molecule has 0 radical (unpaired) electrons. The first-order chi connectivity index (χ1) is 8.47. The second-order valence-electron chi connectivity index (χ2n) is 3.48. The average Bonchev–Trinajstić information content (AvgIpc) is 2.64. The van der Waals surface area contributed by atoms with Crippen LogP contribution in [0.4, 0.5) is 10.8 Å². The Morgan fingerprint density at radius 1 is 1.56 bits per heavy atom. The molecule has 2 N–H and O–H groups in total. The van der Waals surface area contributed by atoms with Gasteiger partial charge in [0.2, 0.25) is 0 Å². The van der Waals surface area contributed by atoms with Crippen molar-refractivity contribution in [3.8, 4) is 0 Å². The van der Waals surface area contributed by atoms with Gasteiger partial charge in [0.05, 0.1) is 5.69 Å². The van der Waals surface area contributed by atoms with Gasteiger partial charge in [-0.3, -0.25) is 0 Å². The molecule has 0 fully saturated rings. The number of hydrogen-bond donors (Lipinski definition) is 2. The molecule has 0 bridgehead atoms. The number of aromatic nitrogens is 1. The Balaban J connectivity index is 2.29. The third-order valence-corrected chi connectivity index (χ3v) is 3.95. The first-order valence-corrected chi connectivity index (χ1v) is 6.89. The Kier molecular flexibility index (Phi) is 3.89. The van der Waals surface area contributed by atoms with Crippen LogP contribution in [-0.4, -0.2) is 16.1 Å². The lowest BCUT2D eigenvalue weighted by Gasteiger charge is -2.05. The average molecular weight is 348 g/mol. The summed E-state index contributed by atoms with van der Waals surface area (Å²) in [6, 6.07) is 5.29. The van der Waals surface area contributed by atoms with Crippen molar-refractivity contribution in [2.45, 2.75) is 6.92 Å². The molecule has 0 saturated carbocycles. The molecule has 0 atom stereocenters. The van der Waals surface area contributed by atoms with Crippen LogP contribution < -0.4 is 5.32 Å². The Bertz CT molecular complexity index is 615. The van der Waals surface area contributed by atoms with E-state index < -0.39 is 5.97 Å². The van der Waals surface area contributed by atoms with Crippen LogP contribution in [-0.2, 0) is 0 Å². The Morgan fingerprint density at radius 3 is 2.83 bits per heavy atom. The first kappa shape index (κ1) is 13.3. The van der Waals surface area contributed by atoms with Crippen molar-refractivity contribution in [2.24, 2.45) is 0 Å². The second-order valence-corrected chi connectivity index (χ2v) is 5.97. The summed E-state index contributed by atoms with van der Waals surface area (Å²) in [5.41, 5.74) is 0.859. The smallest absolute Gasteiger partial charge is 0.355 e. The number of hydrogen-bond acceptors (Lipinski definition) is 4. The van der Waals surface area contributed by atoms with Crippen LogP contribution in [0.5, 0.6) is 0 Å². The molecular formula is C11H8BrClN2O2S. The molecule has 1 aromatic carbocycles. The molecular weight excluding hydrogens is 340 g/mol. The minimum atomic E-state index is -1.02. The van der Waals surface area contributed by atoms with Crippen LogP contribution in [0.2, 0.25) is 5.02 Å². The van der Waals surface area contributed by atoms with Gasteiger partial charge in [-0.2, -0.15) is 0 Å². The van der Waals surface area contributed by atoms with Gasteiger partial charge in [0, 0.05) is 14.4 Å². The normalized spacial score (nSPS) is 10.4. The molecule has 94 valence electrons. The molecule has 18 heavy (non-hydrogen) atoms. The summed E-state index contributed by atoms with van der Waals surface area (Å²) in [7, 11) is 0. The maximum Gasteiger partial charge on any atom is 0.355 e. The highest BCUT2D eigenvalue weighted by atomic mass is 79.9. The topological polar surface area (TPSA) is 62.2 Å². The third-order valence-electron chi connectivity index (χ3n) is 2.17. The minimum absolute atomic E-state index is 0.0765. The van der Waals surface area contributed by atoms with Crippen LogP contribution in [0, 0.1) is 6.92 Å². The molecule has 0 saturated heterocycles. The number of carbonyl (C=O) groups is 1. The van der Waals surface area contributed by atoms with Gasteiger partial charge in [0.25, 0.3) is 0 Å². The van der Waals surface area contributed by atoms with Crippen molar-refractivity contribution in [1.29, 1.82) is 0 Å². The van der Waals surface area contributed by atoms with E-state index in [-0.39, 0.29) is 5.69 Å². The summed E-state index contributed by atoms with van der Waals surface area (Å²) in [5.74, 6) is -1.02. The Morgan fingerprint density at radius 2 is 2.28 bits per heavy atom. The van der Waals surface area contributed by atoms with Gasteiger partial charge in [0.15, 0.2) is 10.8 Å². The SMILES string of the molecule is Cc1sc(Nc2ccc(Cl)cc2Br)nc1C(=O)O. The predicted molar refractivity (Wildman–Crippen MR) is 76.2 cm³/mol. The number of halogens is 2. The van der Waals surface area contributed by atoms with Gasteiger partial charge in [-0.05, 0) is 41.1 Å². The van der Waals surface area contributed by atoms with E-state index in [9.17, 15) is 4.79 Å². The molecule has 0 aliphatic carbocycles. The van der Waals surface area contributed by atoms with E-state index in [1.54, 1.807) is 25.1 Å². The summed E-state index contributed by atoms with van der Waals surface area (Å²) in [4.78, 5) is 15.6. The first-order valence-electron chi connectivity index (χ1n) is 4.90. The highest BCUT2D eigenvalue weighted by molar-refractivity contribution is 9.10. The lowest BCUT2D eigenvalue weighted by molar-refractivity contribution is 0.0690. The van der Waals surface area contributed by atoms with Gasteiger partial charge in [-0.15, -0.1) is 11.3 Å². The fraction of sp³-hybridized carbons (Fsp3) is 0.0909. The summed E-state index contributed by atoms with van der Waals surface area (Å²) in [6.45, 7) is 1.73. The van der Waals surface area contributed by atoms with Crippen molar-refractivity contribution in [1.82, 2.24) is 4.98 Å². The number of carboxylic acids is 1. The number of aryl methyl sites for hydroxylation is 1. The number of nitrogens with zero attached hydrogens (tertiary/aromatic N) is 1. The van der Waals surface area contributed by atoms with Gasteiger partial charge < -0.3 is 10.4 Å². The monoisotopic (exact) mass is 346 g/mol. The van der Waals surface area contributed by atoms with E-state index in [1.165, 1.54) is 11.3 Å². The maximum absolute atomic E-state index is 10.9. The molecule has 0 aliphatic heterocycles. The standard InChI is InChI=1S/C11H8BrClN2O2S/c1-5-9(10(16)17)15-11(18-5)14-8-3-2-6(13)4-7(8)12/h2-4H,1H3,(H,14,15)(H,16,17). The molecule has 4 nitrogen and oxygen atoms in total. The largest absolute Gasteiger partial charge is 0.476 e. The number of benzene rings is 1. The van der Waals surface area contributed by atoms with E-state index >= 15 is 0 Å². The summed E-state index contributed by atoms with van der Waals surface area (Å²) < 4.78 is 0.791. The minimum Gasteiger partial charge on any atom is -0.476 e. The van der Waals surface area contributed by atoms with Gasteiger partial charge in [-0.1, -0.05) is 11.6 Å². The quantitative estimate of drug-likeness (QED) is 0.868. The van der Waals surface area contributed by atoms with Crippen molar-refractivity contribution >= 4 is 55.7 Å². The van der Waals surface area contributed by atoms with E-state index in [0.29, 0.717) is 15.0 Å². The van der Waals surface area contributed by atoms with Crippen molar-refractivity contribution in [3.05, 3.63) is 38.3 Å². The zero-order valence-corrected chi connectivity index (χ0v) is 12.4. The highest BCUT2D eigenvalue weighted by Crippen LogP contribution is 2.31. The molecule has 0 unspecified atom stereocenters. The zero-order valence-electron chi connectivity index (χ0n) is 9.20. The zero-order chi connectivity index (χ0) is 13.3. The molecule has 0 aliphatic rings. The fourth-order valence-corrected chi connectivity index (χ4v) is 2.95.